The summed E-state index contributed by atoms with van der Waals surface area (Å²) in [6.45, 7) is 1.06. The number of fused-ring (bicyclic) bond motifs is 1. The van der Waals surface area contributed by atoms with Crippen molar-refractivity contribution in [1.82, 2.24) is 9.78 Å². The Morgan fingerprint density at radius 2 is 1.79 bits per heavy atom. The second kappa shape index (κ2) is 5.91. The molecule has 0 radical (unpaired) electrons. The van der Waals surface area contributed by atoms with Crippen LogP contribution in [0.1, 0.15) is 5.56 Å². The lowest BCUT2D eigenvalue weighted by atomic mass is 10.1. The van der Waals surface area contributed by atoms with Crippen LogP contribution in [-0.2, 0) is 0 Å². The highest BCUT2D eigenvalue weighted by Gasteiger charge is 2.17. The van der Waals surface area contributed by atoms with Gasteiger partial charge in [0, 0.05) is 16.8 Å². The Bertz CT molecular complexity index is 942. The summed E-state index contributed by atoms with van der Waals surface area (Å²) in [6, 6.07) is 15.0. The summed E-state index contributed by atoms with van der Waals surface area (Å²) in [5, 5.41) is 14.6. The van der Waals surface area contributed by atoms with Crippen LogP contribution in [0.2, 0.25) is 5.02 Å². The third kappa shape index (κ3) is 2.57. The van der Waals surface area contributed by atoms with Crippen LogP contribution in [-0.4, -0.2) is 23.0 Å². The Morgan fingerprint density at radius 3 is 2.54 bits per heavy atom. The van der Waals surface area contributed by atoms with Crippen molar-refractivity contribution in [2.75, 3.05) is 13.2 Å². The van der Waals surface area contributed by atoms with Crippen molar-refractivity contribution in [3.63, 3.8) is 0 Å². The van der Waals surface area contributed by atoms with E-state index in [0.29, 0.717) is 41.0 Å². The van der Waals surface area contributed by atoms with Crippen LogP contribution < -0.4 is 9.47 Å². The highest BCUT2D eigenvalue weighted by atomic mass is 35.5. The maximum Gasteiger partial charge on any atom is 0.162 e. The molecule has 0 N–H and O–H groups in total. The molecule has 0 amide bonds. The molecule has 24 heavy (non-hydrogen) atoms. The van der Waals surface area contributed by atoms with Crippen molar-refractivity contribution in [3.8, 4) is 34.5 Å². The predicted octanol–water partition coefficient (Wildman–Crippen LogP) is 3.84. The molecule has 3 aromatic rings. The molecular formula is C18H12ClN3O2. The van der Waals surface area contributed by atoms with Crippen LogP contribution in [0.3, 0.4) is 0 Å². The second-order valence-corrected chi connectivity index (χ2v) is 5.72. The van der Waals surface area contributed by atoms with E-state index < -0.39 is 0 Å². The van der Waals surface area contributed by atoms with Gasteiger partial charge in [0.25, 0.3) is 0 Å². The van der Waals surface area contributed by atoms with Crippen LogP contribution in [0.25, 0.3) is 16.9 Å². The summed E-state index contributed by atoms with van der Waals surface area (Å²) in [5.41, 5.74) is 2.73. The van der Waals surface area contributed by atoms with Gasteiger partial charge in [-0.2, -0.15) is 10.4 Å². The zero-order valence-electron chi connectivity index (χ0n) is 12.6. The van der Waals surface area contributed by atoms with Crippen molar-refractivity contribution in [2.45, 2.75) is 0 Å². The fourth-order valence-corrected chi connectivity index (χ4v) is 2.71. The van der Waals surface area contributed by atoms with Crippen molar-refractivity contribution < 1.29 is 9.47 Å². The molecule has 2 aromatic carbocycles. The molecule has 1 aromatic heterocycles. The van der Waals surface area contributed by atoms with E-state index in [0.717, 1.165) is 11.3 Å². The standard InChI is InChI=1S/C18H12ClN3O2/c19-14-2-4-15(5-3-14)22-11-13(10-20)18(21-22)12-1-6-16-17(9-12)24-8-7-23-16/h1-6,9,11H,7-8H2. The van der Waals surface area contributed by atoms with E-state index in [1.807, 2.05) is 30.3 Å². The third-order valence-corrected chi connectivity index (χ3v) is 3.99. The molecule has 1 aliphatic heterocycles. The van der Waals surface area contributed by atoms with Gasteiger partial charge in [0.15, 0.2) is 11.5 Å². The Balaban J connectivity index is 1.78. The van der Waals surface area contributed by atoms with Gasteiger partial charge in [0.05, 0.1) is 11.3 Å². The fourth-order valence-electron chi connectivity index (χ4n) is 2.59. The minimum atomic E-state index is 0.488. The smallest absolute Gasteiger partial charge is 0.162 e. The summed E-state index contributed by atoms with van der Waals surface area (Å²) >= 11 is 5.92. The molecule has 0 unspecified atom stereocenters. The maximum absolute atomic E-state index is 9.44. The van der Waals surface area contributed by atoms with Crippen LogP contribution >= 0.6 is 11.6 Å². The van der Waals surface area contributed by atoms with E-state index in [1.165, 1.54) is 0 Å². The molecule has 0 aliphatic carbocycles. The lowest BCUT2D eigenvalue weighted by Crippen LogP contribution is -2.15. The summed E-state index contributed by atoms with van der Waals surface area (Å²) in [4.78, 5) is 0. The molecule has 5 nitrogen and oxygen atoms in total. The predicted molar refractivity (Wildman–Crippen MR) is 89.7 cm³/mol. The molecule has 0 fully saturated rings. The number of rotatable bonds is 2. The first-order valence-corrected chi connectivity index (χ1v) is 7.78. The molecular weight excluding hydrogens is 326 g/mol. The zero-order chi connectivity index (χ0) is 16.5. The number of benzene rings is 2. The second-order valence-electron chi connectivity index (χ2n) is 5.28. The van der Waals surface area contributed by atoms with Gasteiger partial charge in [-0.15, -0.1) is 0 Å². The summed E-state index contributed by atoms with van der Waals surface area (Å²) < 4.78 is 12.8. The first kappa shape index (κ1) is 14.6. The third-order valence-electron chi connectivity index (χ3n) is 3.74. The van der Waals surface area contributed by atoms with Gasteiger partial charge >= 0.3 is 0 Å². The molecule has 4 rings (SSSR count). The van der Waals surface area contributed by atoms with Gasteiger partial charge in [0.1, 0.15) is 25.0 Å². The van der Waals surface area contributed by atoms with Crippen molar-refractivity contribution >= 4 is 11.6 Å². The van der Waals surface area contributed by atoms with Crippen LogP contribution in [0.5, 0.6) is 11.5 Å². The molecule has 0 bridgehead atoms. The van der Waals surface area contributed by atoms with E-state index >= 15 is 0 Å². The van der Waals surface area contributed by atoms with Gasteiger partial charge in [0.2, 0.25) is 0 Å². The zero-order valence-corrected chi connectivity index (χ0v) is 13.3. The van der Waals surface area contributed by atoms with Crippen LogP contribution in [0, 0.1) is 11.3 Å². The topological polar surface area (TPSA) is 60.1 Å². The SMILES string of the molecule is N#Cc1cn(-c2ccc(Cl)cc2)nc1-c1ccc2c(c1)OCCO2. The van der Waals surface area contributed by atoms with Gasteiger partial charge in [-0.3, -0.25) is 0 Å². The normalized spacial score (nSPS) is 12.7. The Morgan fingerprint density at radius 1 is 1.04 bits per heavy atom. The number of hydrogen-bond acceptors (Lipinski definition) is 4. The highest BCUT2D eigenvalue weighted by Crippen LogP contribution is 2.35. The molecule has 118 valence electrons. The molecule has 6 heteroatoms. The van der Waals surface area contributed by atoms with Gasteiger partial charge in [-0.05, 0) is 42.5 Å². The van der Waals surface area contributed by atoms with Gasteiger partial charge in [-0.25, -0.2) is 4.68 Å². The van der Waals surface area contributed by atoms with E-state index in [9.17, 15) is 5.26 Å². The van der Waals surface area contributed by atoms with Crippen LogP contribution in [0.15, 0.2) is 48.7 Å². The number of nitriles is 1. The Kier molecular flexibility index (Phi) is 3.60. The molecule has 0 spiro atoms. The van der Waals surface area contributed by atoms with Crippen molar-refractivity contribution in [1.29, 1.82) is 5.26 Å². The first-order valence-electron chi connectivity index (χ1n) is 7.40. The van der Waals surface area contributed by atoms with Crippen molar-refractivity contribution in [3.05, 3.63) is 59.2 Å². The van der Waals surface area contributed by atoms with E-state index in [4.69, 9.17) is 21.1 Å². The van der Waals surface area contributed by atoms with E-state index in [1.54, 1.807) is 23.0 Å². The lowest BCUT2D eigenvalue weighted by Gasteiger charge is -2.18. The average molecular weight is 338 g/mol. The largest absolute Gasteiger partial charge is 0.486 e. The fraction of sp³-hybridized carbons (Fsp3) is 0.111. The molecule has 0 saturated carbocycles. The molecule has 0 atom stereocenters. The minimum Gasteiger partial charge on any atom is -0.486 e. The van der Waals surface area contributed by atoms with E-state index in [-0.39, 0.29) is 0 Å². The molecule has 2 heterocycles. The summed E-state index contributed by atoms with van der Waals surface area (Å²) in [5.74, 6) is 1.38. The first-order chi connectivity index (χ1) is 11.7. The quantitative estimate of drug-likeness (QED) is 0.713. The van der Waals surface area contributed by atoms with Gasteiger partial charge < -0.3 is 9.47 Å². The molecule has 1 aliphatic rings. The van der Waals surface area contributed by atoms with Crippen molar-refractivity contribution in [2.24, 2.45) is 0 Å². The average Bonchev–Trinajstić information content (AvgIpc) is 3.06. The number of aromatic nitrogens is 2. The summed E-state index contributed by atoms with van der Waals surface area (Å²) in [6.07, 6.45) is 1.70. The molecule has 0 saturated heterocycles. The summed E-state index contributed by atoms with van der Waals surface area (Å²) in [7, 11) is 0. The van der Waals surface area contributed by atoms with Gasteiger partial charge in [-0.1, -0.05) is 11.6 Å². The lowest BCUT2D eigenvalue weighted by molar-refractivity contribution is 0.171. The van der Waals surface area contributed by atoms with Crippen LogP contribution in [0.4, 0.5) is 0 Å². The number of ether oxygens (including phenoxy) is 2. The van der Waals surface area contributed by atoms with E-state index in [2.05, 4.69) is 11.2 Å². The number of nitrogens with zero attached hydrogens (tertiary/aromatic N) is 3. The minimum absolute atomic E-state index is 0.488. The Labute approximate surface area is 143 Å². The highest BCUT2D eigenvalue weighted by molar-refractivity contribution is 6.30. The number of hydrogen-bond donors (Lipinski definition) is 0. The monoisotopic (exact) mass is 337 g/mol. The number of halogens is 1. The maximum atomic E-state index is 9.44. The Hall–Kier alpha value is -2.97.